The Hall–Kier alpha value is -0.180. The van der Waals surface area contributed by atoms with Crippen LogP contribution in [0, 0.1) is 5.41 Å². The molecule has 1 aliphatic rings. The molecule has 13 heavy (non-hydrogen) atoms. The van der Waals surface area contributed by atoms with Crippen LogP contribution in [-0.4, -0.2) is 23.1 Å². The van der Waals surface area contributed by atoms with Gasteiger partial charge in [-0.05, 0) is 37.7 Å². The molecule has 1 rings (SSSR count). The third-order valence-electron chi connectivity index (χ3n) is 3.02. The Morgan fingerprint density at radius 1 is 1.46 bits per heavy atom. The van der Waals surface area contributed by atoms with Crippen LogP contribution in [0.15, 0.2) is 0 Å². The van der Waals surface area contributed by atoms with E-state index in [9.17, 15) is 4.79 Å². The van der Waals surface area contributed by atoms with Crippen molar-refractivity contribution in [1.82, 2.24) is 0 Å². The summed E-state index contributed by atoms with van der Waals surface area (Å²) in [5.74, 6) is 0.528. The van der Waals surface area contributed by atoms with E-state index >= 15 is 0 Å². The first-order valence-electron chi connectivity index (χ1n) is 4.94. The summed E-state index contributed by atoms with van der Waals surface area (Å²) in [5, 5.41) is 9.16. The van der Waals surface area contributed by atoms with E-state index in [4.69, 9.17) is 5.11 Å². The monoisotopic (exact) mass is 202 g/mol. The summed E-state index contributed by atoms with van der Waals surface area (Å²) in [5.41, 5.74) is -0.351. The first-order chi connectivity index (χ1) is 6.21. The fraction of sp³-hybridized carbons (Fsp3) is 0.900. The smallest absolute Gasteiger partial charge is 0.309 e. The molecule has 76 valence electrons. The molecule has 3 heteroatoms. The molecule has 2 nitrogen and oxygen atoms in total. The molecule has 0 aromatic heterocycles. The maximum Gasteiger partial charge on any atom is 0.309 e. The molecule has 0 unspecified atom stereocenters. The summed E-state index contributed by atoms with van der Waals surface area (Å²) in [7, 11) is 0. The Morgan fingerprint density at radius 3 is 2.54 bits per heavy atom. The summed E-state index contributed by atoms with van der Waals surface area (Å²) in [4.78, 5) is 11.1. The van der Waals surface area contributed by atoms with E-state index in [0.717, 1.165) is 44.3 Å². The highest BCUT2D eigenvalue weighted by atomic mass is 32.2. The van der Waals surface area contributed by atoms with E-state index in [2.05, 4.69) is 6.26 Å². The predicted molar refractivity (Wildman–Crippen MR) is 56.2 cm³/mol. The maximum atomic E-state index is 11.1. The second kappa shape index (κ2) is 4.89. The van der Waals surface area contributed by atoms with Crippen LogP contribution in [0.4, 0.5) is 0 Å². The highest BCUT2D eigenvalue weighted by Gasteiger charge is 2.40. The van der Waals surface area contributed by atoms with Crippen molar-refractivity contribution in [2.45, 2.75) is 38.5 Å². The van der Waals surface area contributed by atoms with Gasteiger partial charge in [0.2, 0.25) is 0 Å². The summed E-state index contributed by atoms with van der Waals surface area (Å²) in [6.07, 6.45) is 8.00. The van der Waals surface area contributed by atoms with E-state index in [-0.39, 0.29) is 5.41 Å². The molecule has 0 bridgehead atoms. The average molecular weight is 202 g/mol. The number of hydrogen-bond donors (Lipinski definition) is 1. The molecule has 0 saturated heterocycles. The molecule has 0 aromatic carbocycles. The molecular formula is C10H18O2S. The zero-order valence-corrected chi connectivity index (χ0v) is 9.03. The molecule has 0 atom stereocenters. The molecule has 1 fully saturated rings. The van der Waals surface area contributed by atoms with Crippen LogP contribution in [0.3, 0.4) is 0 Å². The van der Waals surface area contributed by atoms with Gasteiger partial charge in [0.25, 0.3) is 0 Å². The molecule has 0 radical (unpaired) electrons. The van der Waals surface area contributed by atoms with E-state index in [1.54, 1.807) is 11.8 Å². The second-order valence-electron chi connectivity index (χ2n) is 3.89. The summed E-state index contributed by atoms with van der Waals surface area (Å²) >= 11 is 1.80. The topological polar surface area (TPSA) is 37.3 Å². The molecule has 0 aromatic rings. The summed E-state index contributed by atoms with van der Waals surface area (Å²) in [6, 6.07) is 0. The molecular weight excluding hydrogens is 184 g/mol. The fourth-order valence-corrected chi connectivity index (χ4v) is 2.61. The van der Waals surface area contributed by atoms with Gasteiger partial charge in [0.05, 0.1) is 5.41 Å². The molecule has 0 amide bonds. The van der Waals surface area contributed by atoms with Gasteiger partial charge in [-0.25, -0.2) is 0 Å². The lowest BCUT2D eigenvalue weighted by molar-refractivity contribution is -0.149. The number of rotatable bonds is 5. The Balaban J connectivity index is 2.43. The third kappa shape index (κ3) is 2.63. The molecule has 0 heterocycles. The second-order valence-corrected chi connectivity index (χ2v) is 4.87. The van der Waals surface area contributed by atoms with Gasteiger partial charge in [-0.2, -0.15) is 11.8 Å². The van der Waals surface area contributed by atoms with Gasteiger partial charge in [0, 0.05) is 0 Å². The van der Waals surface area contributed by atoms with Crippen molar-refractivity contribution in [3.63, 3.8) is 0 Å². The number of carboxylic acids is 1. The number of hydrogen-bond acceptors (Lipinski definition) is 2. The Bertz CT molecular complexity index is 174. The van der Waals surface area contributed by atoms with Crippen molar-refractivity contribution < 1.29 is 9.90 Å². The average Bonchev–Trinajstić information content (AvgIpc) is 2.55. The van der Waals surface area contributed by atoms with Gasteiger partial charge in [-0.1, -0.05) is 12.8 Å². The summed E-state index contributed by atoms with van der Waals surface area (Å²) in [6.45, 7) is 0. The minimum absolute atomic E-state index is 0.351. The first kappa shape index (κ1) is 10.9. The molecule has 1 aliphatic carbocycles. The van der Waals surface area contributed by atoms with E-state index in [0.29, 0.717) is 0 Å². The van der Waals surface area contributed by atoms with Crippen molar-refractivity contribution in [1.29, 1.82) is 0 Å². The zero-order valence-electron chi connectivity index (χ0n) is 8.21. The molecule has 1 N–H and O–H groups in total. The number of aliphatic carboxylic acids is 1. The molecule has 0 spiro atoms. The standard InChI is InChI=1S/C10H18O2S/c1-13-8-4-7-10(9(11)12)5-2-3-6-10/h2-8H2,1H3,(H,11,12). The Labute approximate surface area is 84.1 Å². The normalized spacial score (nSPS) is 20.4. The lowest BCUT2D eigenvalue weighted by atomic mass is 9.82. The Morgan fingerprint density at radius 2 is 2.08 bits per heavy atom. The number of thioether (sulfide) groups is 1. The van der Waals surface area contributed by atoms with Gasteiger partial charge >= 0.3 is 5.97 Å². The quantitative estimate of drug-likeness (QED) is 0.696. The first-order valence-corrected chi connectivity index (χ1v) is 6.33. The summed E-state index contributed by atoms with van der Waals surface area (Å²) < 4.78 is 0. The van der Waals surface area contributed by atoms with Crippen molar-refractivity contribution in [3.8, 4) is 0 Å². The van der Waals surface area contributed by atoms with Crippen LogP contribution in [0.25, 0.3) is 0 Å². The van der Waals surface area contributed by atoms with Gasteiger partial charge in [-0.3, -0.25) is 4.79 Å². The third-order valence-corrected chi connectivity index (χ3v) is 3.72. The van der Waals surface area contributed by atoms with Gasteiger partial charge in [0.15, 0.2) is 0 Å². The SMILES string of the molecule is CSCCCC1(C(=O)O)CCCC1. The minimum Gasteiger partial charge on any atom is -0.481 e. The number of carboxylic acid groups (broad SMARTS) is 1. The van der Waals surface area contributed by atoms with Crippen LogP contribution < -0.4 is 0 Å². The van der Waals surface area contributed by atoms with E-state index < -0.39 is 5.97 Å². The highest BCUT2D eigenvalue weighted by Crippen LogP contribution is 2.42. The largest absolute Gasteiger partial charge is 0.481 e. The fourth-order valence-electron chi connectivity index (χ4n) is 2.18. The van der Waals surface area contributed by atoms with Crippen LogP contribution in [0.5, 0.6) is 0 Å². The maximum absolute atomic E-state index is 11.1. The zero-order chi connectivity index (χ0) is 9.73. The van der Waals surface area contributed by atoms with E-state index in [1.807, 2.05) is 0 Å². The van der Waals surface area contributed by atoms with Crippen LogP contribution in [-0.2, 0) is 4.79 Å². The van der Waals surface area contributed by atoms with Crippen molar-refractivity contribution in [2.24, 2.45) is 5.41 Å². The van der Waals surface area contributed by atoms with Crippen LogP contribution in [0.2, 0.25) is 0 Å². The van der Waals surface area contributed by atoms with Crippen LogP contribution >= 0.6 is 11.8 Å². The lowest BCUT2D eigenvalue weighted by Gasteiger charge is -2.23. The van der Waals surface area contributed by atoms with Crippen LogP contribution in [0.1, 0.15) is 38.5 Å². The lowest BCUT2D eigenvalue weighted by Crippen LogP contribution is -2.27. The Kier molecular flexibility index (Phi) is 4.10. The molecule has 1 saturated carbocycles. The van der Waals surface area contributed by atoms with Gasteiger partial charge in [-0.15, -0.1) is 0 Å². The van der Waals surface area contributed by atoms with Gasteiger partial charge < -0.3 is 5.11 Å². The van der Waals surface area contributed by atoms with Crippen molar-refractivity contribution >= 4 is 17.7 Å². The van der Waals surface area contributed by atoms with E-state index in [1.165, 1.54) is 0 Å². The van der Waals surface area contributed by atoms with Crippen molar-refractivity contribution in [3.05, 3.63) is 0 Å². The highest BCUT2D eigenvalue weighted by molar-refractivity contribution is 7.98. The molecule has 0 aliphatic heterocycles. The predicted octanol–water partition coefficient (Wildman–Crippen LogP) is 2.77. The van der Waals surface area contributed by atoms with Crippen molar-refractivity contribution in [2.75, 3.05) is 12.0 Å². The minimum atomic E-state index is -0.564. The number of carbonyl (C=O) groups is 1. The van der Waals surface area contributed by atoms with Gasteiger partial charge in [0.1, 0.15) is 0 Å².